The van der Waals surface area contributed by atoms with Crippen molar-refractivity contribution in [3.8, 4) is 11.1 Å². The molecule has 1 unspecified atom stereocenters. The minimum atomic E-state index is -1.23. The molecule has 4 heteroatoms. The van der Waals surface area contributed by atoms with E-state index in [0.717, 1.165) is 16.9 Å². The third-order valence-electron chi connectivity index (χ3n) is 3.23. The van der Waals surface area contributed by atoms with Crippen LogP contribution in [0.2, 0.25) is 0 Å². The van der Waals surface area contributed by atoms with Gasteiger partial charge in [0.25, 0.3) is 0 Å². The Kier molecular flexibility index (Phi) is 6.04. The molecule has 1 N–H and O–H groups in total. The molecule has 0 bridgehead atoms. The van der Waals surface area contributed by atoms with E-state index in [9.17, 15) is 9.90 Å². The normalized spacial score (nSPS) is 12.0. The first-order valence-electron chi connectivity index (χ1n) is 7.34. The second-order valence-corrected chi connectivity index (χ2v) is 6.01. The Hall–Kier alpha value is -1.78. The van der Waals surface area contributed by atoms with Crippen LogP contribution in [0, 0.1) is 0 Å². The molecule has 0 amide bonds. The zero-order valence-electron chi connectivity index (χ0n) is 12.8. The fraction of sp³-hybridized carbons (Fsp3) is 0.278. The Morgan fingerprint density at radius 2 is 1.82 bits per heavy atom. The molecule has 2 rings (SSSR count). The molecule has 0 fully saturated rings. The molecular formula is C18H20O3S. The van der Waals surface area contributed by atoms with Gasteiger partial charge in [0.1, 0.15) is 0 Å². The lowest BCUT2D eigenvalue weighted by Gasteiger charge is -2.12. The second-order valence-electron chi connectivity index (χ2n) is 4.71. The van der Waals surface area contributed by atoms with E-state index in [1.807, 2.05) is 24.3 Å². The van der Waals surface area contributed by atoms with Gasteiger partial charge in [0.05, 0.1) is 6.61 Å². The molecule has 0 aliphatic rings. The van der Waals surface area contributed by atoms with Crippen molar-refractivity contribution >= 4 is 17.7 Å². The largest absolute Gasteiger partial charge is 0.464 e. The number of rotatable bonds is 6. The summed E-state index contributed by atoms with van der Waals surface area (Å²) in [5, 5.41) is 9.94. The van der Waals surface area contributed by atoms with Crippen LogP contribution in [-0.2, 0) is 9.53 Å². The molecule has 2 aromatic rings. The minimum Gasteiger partial charge on any atom is -0.464 e. The number of hydrogen-bond acceptors (Lipinski definition) is 4. The van der Waals surface area contributed by atoms with Crippen LogP contribution in [-0.4, -0.2) is 23.4 Å². The van der Waals surface area contributed by atoms with Gasteiger partial charge in [-0.15, -0.1) is 11.8 Å². The number of ether oxygens (including phenoxy) is 1. The first kappa shape index (κ1) is 16.6. The molecule has 1 atom stereocenters. The summed E-state index contributed by atoms with van der Waals surface area (Å²) in [5.74, 6) is 0.397. The number of esters is 1. The van der Waals surface area contributed by atoms with E-state index in [2.05, 4.69) is 19.1 Å². The van der Waals surface area contributed by atoms with Gasteiger partial charge in [-0.2, -0.15) is 0 Å². The van der Waals surface area contributed by atoms with Crippen LogP contribution in [0.25, 0.3) is 11.1 Å². The van der Waals surface area contributed by atoms with Gasteiger partial charge in [0.15, 0.2) is 6.10 Å². The van der Waals surface area contributed by atoms with Crippen molar-refractivity contribution in [2.75, 3.05) is 12.4 Å². The van der Waals surface area contributed by atoms with Crippen molar-refractivity contribution in [1.29, 1.82) is 0 Å². The van der Waals surface area contributed by atoms with E-state index in [-0.39, 0.29) is 6.61 Å². The maximum atomic E-state index is 11.6. The average molecular weight is 316 g/mol. The summed E-state index contributed by atoms with van der Waals surface area (Å²) >= 11 is 1.80. The lowest BCUT2D eigenvalue weighted by molar-refractivity contribution is -0.153. The molecular weight excluding hydrogens is 296 g/mol. The Bertz CT molecular complexity index is 622. The zero-order chi connectivity index (χ0) is 15.9. The van der Waals surface area contributed by atoms with Crippen LogP contribution in [0.5, 0.6) is 0 Å². The van der Waals surface area contributed by atoms with Gasteiger partial charge in [0.2, 0.25) is 0 Å². The smallest absolute Gasteiger partial charge is 0.339 e. The molecule has 116 valence electrons. The SMILES string of the molecule is CCOC(=O)C(O)c1ccc(-c2ccccc2SCC)cc1. The van der Waals surface area contributed by atoms with Crippen molar-refractivity contribution < 1.29 is 14.6 Å². The summed E-state index contributed by atoms with van der Waals surface area (Å²) in [6.07, 6.45) is -1.23. The molecule has 3 nitrogen and oxygen atoms in total. The highest BCUT2D eigenvalue weighted by Gasteiger charge is 2.18. The third kappa shape index (κ3) is 3.90. The summed E-state index contributed by atoms with van der Waals surface area (Å²) in [4.78, 5) is 12.8. The summed E-state index contributed by atoms with van der Waals surface area (Å²) in [7, 11) is 0. The standard InChI is InChI=1S/C18H20O3S/c1-3-21-18(20)17(19)14-11-9-13(10-12-14)15-7-5-6-8-16(15)22-4-2/h5-12,17,19H,3-4H2,1-2H3. The number of hydrogen-bond donors (Lipinski definition) is 1. The van der Waals surface area contributed by atoms with Crippen LogP contribution >= 0.6 is 11.8 Å². The van der Waals surface area contributed by atoms with E-state index in [0.29, 0.717) is 5.56 Å². The Labute approximate surface area is 135 Å². The van der Waals surface area contributed by atoms with Crippen molar-refractivity contribution in [1.82, 2.24) is 0 Å². The fourth-order valence-electron chi connectivity index (χ4n) is 2.19. The number of carbonyl (C=O) groups excluding carboxylic acids is 1. The predicted octanol–water partition coefficient (Wildman–Crippen LogP) is 4.06. The van der Waals surface area contributed by atoms with E-state index in [4.69, 9.17) is 4.74 Å². The molecule has 0 aromatic heterocycles. The summed E-state index contributed by atoms with van der Waals surface area (Å²) in [6, 6.07) is 15.6. The highest BCUT2D eigenvalue weighted by Crippen LogP contribution is 2.31. The van der Waals surface area contributed by atoms with Crippen LogP contribution in [0.15, 0.2) is 53.4 Å². The fourth-order valence-corrected chi connectivity index (χ4v) is 3.02. The van der Waals surface area contributed by atoms with Gasteiger partial charge in [-0.05, 0) is 35.4 Å². The summed E-state index contributed by atoms with van der Waals surface area (Å²) < 4.78 is 4.83. The highest BCUT2D eigenvalue weighted by molar-refractivity contribution is 7.99. The predicted molar refractivity (Wildman–Crippen MR) is 89.9 cm³/mol. The van der Waals surface area contributed by atoms with Gasteiger partial charge in [0, 0.05) is 4.90 Å². The lowest BCUT2D eigenvalue weighted by Crippen LogP contribution is -2.15. The van der Waals surface area contributed by atoms with Crippen LogP contribution in [0.3, 0.4) is 0 Å². The van der Waals surface area contributed by atoms with Crippen molar-refractivity contribution in [2.24, 2.45) is 0 Å². The minimum absolute atomic E-state index is 0.260. The van der Waals surface area contributed by atoms with Gasteiger partial charge < -0.3 is 9.84 Å². The Balaban J connectivity index is 2.24. The molecule has 22 heavy (non-hydrogen) atoms. The Morgan fingerprint density at radius 3 is 2.45 bits per heavy atom. The molecule has 0 heterocycles. The first-order valence-corrected chi connectivity index (χ1v) is 8.32. The van der Waals surface area contributed by atoms with Crippen LogP contribution in [0.4, 0.5) is 0 Å². The molecule has 0 aliphatic heterocycles. The second kappa shape index (κ2) is 8.01. The average Bonchev–Trinajstić information content (AvgIpc) is 2.55. The molecule has 2 aromatic carbocycles. The third-order valence-corrected chi connectivity index (χ3v) is 4.19. The Morgan fingerprint density at radius 1 is 1.14 bits per heavy atom. The van der Waals surface area contributed by atoms with Crippen LogP contribution in [0.1, 0.15) is 25.5 Å². The van der Waals surface area contributed by atoms with Crippen molar-refractivity contribution in [2.45, 2.75) is 24.8 Å². The summed E-state index contributed by atoms with van der Waals surface area (Å²) in [6.45, 7) is 4.10. The molecule has 0 saturated carbocycles. The van der Waals surface area contributed by atoms with Crippen molar-refractivity contribution in [3.63, 3.8) is 0 Å². The molecule has 0 aliphatic carbocycles. The number of aliphatic hydroxyl groups excluding tert-OH is 1. The zero-order valence-corrected chi connectivity index (χ0v) is 13.6. The van der Waals surface area contributed by atoms with Crippen LogP contribution < -0.4 is 0 Å². The molecule has 0 spiro atoms. The number of carbonyl (C=O) groups is 1. The lowest BCUT2D eigenvalue weighted by atomic mass is 10.0. The van der Waals surface area contributed by atoms with Gasteiger partial charge in [-0.1, -0.05) is 49.4 Å². The van der Waals surface area contributed by atoms with E-state index in [1.165, 1.54) is 4.90 Å². The number of aliphatic hydroxyl groups is 1. The maximum Gasteiger partial charge on any atom is 0.339 e. The molecule has 0 saturated heterocycles. The topological polar surface area (TPSA) is 46.5 Å². The molecule has 0 radical (unpaired) electrons. The number of thioether (sulfide) groups is 1. The highest BCUT2D eigenvalue weighted by atomic mass is 32.2. The quantitative estimate of drug-likeness (QED) is 0.645. The van der Waals surface area contributed by atoms with E-state index in [1.54, 1.807) is 30.8 Å². The van der Waals surface area contributed by atoms with Crippen molar-refractivity contribution in [3.05, 3.63) is 54.1 Å². The monoisotopic (exact) mass is 316 g/mol. The maximum absolute atomic E-state index is 11.6. The first-order chi connectivity index (χ1) is 10.7. The van der Waals surface area contributed by atoms with Gasteiger partial charge in [-0.25, -0.2) is 4.79 Å². The van der Waals surface area contributed by atoms with Gasteiger partial charge >= 0.3 is 5.97 Å². The number of benzene rings is 2. The summed E-state index contributed by atoms with van der Waals surface area (Å²) in [5.41, 5.74) is 2.77. The van der Waals surface area contributed by atoms with E-state index < -0.39 is 12.1 Å². The van der Waals surface area contributed by atoms with E-state index >= 15 is 0 Å². The van der Waals surface area contributed by atoms with Gasteiger partial charge in [-0.3, -0.25) is 0 Å².